The van der Waals surface area contributed by atoms with E-state index in [9.17, 15) is 9.59 Å². The number of piperazine rings is 1. The summed E-state index contributed by atoms with van der Waals surface area (Å²) < 4.78 is 0. The summed E-state index contributed by atoms with van der Waals surface area (Å²) in [6, 6.07) is 0. The van der Waals surface area contributed by atoms with E-state index in [1.165, 1.54) is 25.0 Å². The molecule has 0 saturated carbocycles. The Bertz CT molecular complexity index is 495. The first-order valence-corrected chi connectivity index (χ1v) is 9.62. The molecular weight excluding hydrogens is 302 g/mol. The van der Waals surface area contributed by atoms with Crippen LogP contribution in [0.3, 0.4) is 0 Å². The van der Waals surface area contributed by atoms with Crippen molar-refractivity contribution in [3.63, 3.8) is 0 Å². The SMILES string of the molecule is CN1CCN(C(=O)CCCC(=O)N2CCCC3CCCC=C32)CC1. The van der Waals surface area contributed by atoms with Crippen molar-refractivity contribution in [1.82, 2.24) is 14.7 Å². The Balaban J connectivity index is 1.43. The third kappa shape index (κ3) is 4.18. The average molecular weight is 333 g/mol. The Hall–Kier alpha value is -1.36. The van der Waals surface area contributed by atoms with Gasteiger partial charge in [0.05, 0.1) is 0 Å². The number of likely N-dealkylation sites (tertiary alicyclic amines) is 1. The zero-order valence-electron chi connectivity index (χ0n) is 15.0. The van der Waals surface area contributed by atoms with Crippen LogP contribution in [0.4, 0.5) is 0 Å². The maximum absolute atomic E-state index is 12.6. The molecule has 0 N–H and O–H groups in total. The number of rotatable bonds is 4. The van der Waals surface area contributed by atoms with Crippen LogP contribution in [0.5, 0.6) is 0 Å². The number of nitrogens with zero attached hydrogens (tertiary/aromatic N) is 3. The number of fused-ring (bicyclic) bond motifs is 1. The molecule has 3 aliphatic rings. The van der Waals surface area contributed by atoms with Crippen molar-refractivity contribution < 1.29 is 9.59 Å². The summed E-state index contributed by atoms with van der Waals surface area (Å²) in [4.78, 5) is 31.1. The predicted octanol–water partition coefficient (Wildman–Crippen LogP) is 2.24. The Morgan fingerprint density at radius 3 is 2.50 bits per heavy atom. The van der Waals surface area contributed by atoms with Crippen LogP contribution in [0, 0.1) is 5.92 Å². The number of amides is 2. The van der Waals surface area contributed by atoms with Gasteiger partial charge in [-0.25, -0.2) is 0 Å². The van der Waals surface area contributed by atoms with Crippen LogP contribution < -0.4 is 0 Å². The number of allylic oxidation sites excluding steroid dienone is 2. The predicted molar refractivity (Wildman–Crippen MR) is 94.3 cm³/mol. The van der Waals surface area contributed by atoms with Crippen LogP contribution in [0.2, 0.25) is 0 Å². The zero-order chi connectivity index (χ0) is 16.9. The molecule has 3 rings (SSSR count). The lowest BCUT2D eigenvalue weighted by molar-refractivity contribution is -0.133. The van der Waals surface area contributed by atoms with E-state index in [0.717, 1.165) is 45.6 Å². The van der Waals surface area contributed by atoms with E-state index in [0.29, 0.717) is 25.2 Å². The smallest absolute Gasteiger partial charge is 0.226 e. The topological polar surface area (TPSA) is 43.9 Å². The highest BCUT2D eigenvalue weighted by molar-refractivity contribution is 5.80. The molecule has 0 aromatic carbocycles. The van der Waals surface area contributed by atoms with Gasteiger partial charge in [-0.2, -0.15) is 0 Å². The molecule has 2 fully saturated rings. The second kappa shape index (κ2) is 8.15. The minimum atomic E-state index is 0.212. The van der Waals surface area contributed by atoms with Gasteiger partial charge in [0.15, 0.2) is 0 Å². The molecule has 0 bridgehead atoms. The normalized spacial score (nSPS) is 25.2. The van der Waals surface area contributed by atoms with Gasteiger partial charge in [-0.05, 0) is 51.5 Å². The van der Waals surface area contributed by atoms with Crippen LogP contribution in [0.25, 0.3) is 0 Å². The molecule has 24 heavy (non-hydrogen) atoms. The van der Waals surface area contributed by atoms with Crippen molar-refractivity contribution in [3.8, 4) is 0 Å². The Morgan fingerprint density at radius 1 is 1.00 bits per heavy atom. The maximum atomic E-state index is 12.6. The lowest BCUT2D eigenvalue weighted by atomic mass is 9.85. The Labute approximate surface area is 145 Å². The number of hydrogen-bond acceptors (Lipinski definition) is 3. The van der Waals surface area contributed by atoms with E-state index >= 15 is 0 Å². The van der Waals surface area contributed by atoms with Crippen molar-refractivity contribution >= 4 is 11.8 Å². The minimum Gasteiger partial charge on any atom is -0.340 e. The monoisotopic (exact) mass is 333 g/mol. The van der Waals surface area contributed by atoms with Gasteiger partial charge in [-0.15, -0.1) is 0 Å². The first kappa shape index (κ1) is 17.5. The fourth-order valence-electron chi connectivity index (χ4n) is 4.18. The first-order valence-electron chi connectivity index (χ1n) is 9.62. The van der Waals surface area contributed by atoms with Crippen molar-refractivity contribution in [2.24, 2.45) is 5.92 Å². The molecule has 0 spiro atoms. The Morgan fingerprint density at radius 2 is 1.71 bits per heavy atom. The molecule has 2 saturated heterocycles. The highest BCUT2D eigenvalue weighted by atomic mass is 16.2. The quantitative estimate of drug-likeness (QED) is 0.792. The maximum Gasteiger partial charge on any atom is 0.226 e. The number of carbonyl (C=O) groups excluding carboxylic acids is 2. The molecule has 0 aromatic heterocycles. The lowest BCUT2D eigenvalue weighted by Gasteiger charge is -2.38. The van der Waals surface area contributed by atoms with Crippen LogP contribution in [-0.4, -0.2) is 66.3 Å². The molecule has 134 valence electrons. The molecule has 5 heteroatoms. The summed E-state index contributed by atoms with van der Waals surface area (Å²) >= 11 is 0. The fraction of sp³-hybridized carbons (Fsp3) is 0.789. The molecule has 2 aliphatic heterocycles. The summed E-state index contributed by atoms with van der Waals surface area (Å²) in [5.74, 6) is 1.03. The van der Waals surface area contributed by atoms with E-state index in [1.807, 2.05) is 9.80 Å². The number of piperidine rings is 1. The molecule has 1 unspecified atom stereocenters. The van der Waals surface area contributed by atoms with Crippen molar-refractivity contribution in [1.29, 1.82) is 0 Å². The zero-order valence-corrected chi connectivity index (χ0v) is 15.0. The van der Waals surface area contributed by atoms with Gasteiger partial charge in [0.2, 0.25) is 11.8 Å². The molecule has 0 radical (unpaired) electrons. The second-order valence-corrected chi connectivity index (χ2v) is 7.48. The molecule has 1 aliphatic carbocycles. The molecule has 2 amide bonds. The van der Waals surface area contributed by atoms with Crippen LogP contribution >= 0.6 is 0 Å². The van der Waals surface area contributed by atoms with Gasteiger partial charge in [-0.3, -0.25) is 9.59 Å². The number of carbonyl (C=O) groups is 2. The lowest BCUT2D eigenvalue weighted by Crippen LogP contribution is -2.47. The highest BCUT2D eigenvalue weighted by Crippen LogP contribution is 2.35. The fourth-order valence-corrected chi connectivity index (χ4v) is 4.18. The standard InChI is InChI=1S/C19H31N3O2/c1-20-12-14-21(15-13-20)18(23)9-4-10-19(24)22-11-5-7-16-6-2-3-8-17(16)22/h8,16H,2-7,9-15H2,1H3. The van der Waals surface area contributed by atoms with Gasteiger partial charge in [-0.1, -0.05) is 6.08 Å². The second-order valence-electron chi connectivity index (χ2n) is 7.48. The van der Waals surface area contributed by atoms with Gasteiger partial charge < -0.3 is 14.7 Å². The molecule has 5 nitrogen and oxygen atoms in total. The first-order chi connectivity index (χ1) is 11.6. The van der Waals surface area contributed by atoms with Crippen LogP contribution in [-0.2, 0) is 9.59 Å². The summed E-state index contributed by atoms with van der Waals surface area (Å²) in [5, 5.41) is 0. The van der Waals surface area contributed by atoms with Gasteiger partial charge in [0, 0.05) is 51.3 Å². The van der Waals surface area contributed by atoms with Gasteiger partial charge in [0.1, 0.15) is 0 Å². The minimum absolute atomic E-state index is 0.212. The van der Waals surface area contributed by atoms with E-state index in [4.69, 9.17) is 0 Å². The number of likely N-dealkylation sites (N-methyl/N-ethyl adjacent to an activating group) is 1. The largest absolute Gasteiger partial charge is 0.340 e. The average Bonchev–Trinajstić information content (AvgIpc) is 2.61. The van der Waals surface area contributed by atoms with Crippen molar-refractivity contribution in [2.75, 3.05) is 39.8 Å². The van der Waals surface area contributed by atoms with Crippen molar-refractivity contribution in [2.45, 2.75) is 51.4 Å². The van der Waals surface area contributed by atoms with Crippen molar-refractivity contribution in [3.05, 3.63) is 11.8 Å². The molecular formula is C19H31N3O2. The summed E-state index contributed by atoms with van der Waals surface area (Å²) in [7, 11) is 2.09. The molecule has 0 aromatic rings. The van der Waals surface area contributed by atoms with E-state index in [2.05, 4.69) is 18.0 Å². The van der Waals surface area contributed by atoms with E-state index in [1.54, 1.807) is 0 Å². The van der Waals surface area contributed by atoms with Crippen LogP contribution in [0.15, 0.2) is 11.8 Å². The third-order valence-corrected chi connectivity index (χ3v) is 5.71. The molecule has 2 heterocycles. The summed E-state index contributed by atoms with van der Waals surface area (Å²) in [6.07, 6.45) is 9.92. The van der Waals surface area contributed by atoms with E-state index in [-0.39, 0.29) is 11.8 Å². The highest BCUT2D eigenvalue weighted by Gasteiger charge is 2.30. The summed E-state index contributed by atoms with van der Waals surface area (Å²) in [6.45, 7) is 4.42. The van der Waals surface area contributed by atoms with E-state index < -0.39 is 0 Å². The van der Waals surface area contributed by atoms with Gasteiger partial charge in [0.25, 0.3) is 0 Å². The van der Waals surface area contributed by atoms with Gasteiger partial charge >= 0.3 is 0 Å². The Kier molecular flexibility index (Phi) is 5.93. The third-order valence-electron chi connectivity index (χ3n) is 5.71. The van der Waals surface area contributed by atoms with Crippen LogP contribution in [0.1, 0.15) is 51.4 Å². The molecule has 1 atom stereocenters. The summed E-state index contributed by atoms with van der Waals surface area (Å²) in [5.41, 5.74) is 1.28. The number of hydrogen-bond donors (Lipinski definition) is 0.